The molecule has 0 aliphatic heterocycles. The van der Waals surface area contributed by atoms with E-state index in [0.29, 0.717) is 25.2 Å². The van der Waals surface area contributed by atoms with Gasteiger partial charge >= 0.3 is 0 Å². The molecule has 0 N–H and O–H groups in total. The van der Waals surface area contributed by atoms with Crippen molar-refractivity contribution in [3.63, 3.8) is 0 Å². The van der Waals surface area contributed by atoms with Gasteiger partial charge in [-0.3, -0.25) is 4.98 Å². The third-order valence-electron chi connectivity index (χ3n) is 4.90. The van der Waals surface area contributed by atoms with E-state index in [9.17, 15) is 8.42 Å². The number of rotatable bonds is 9. The van der Waals surface area contributed by atoms with E-state index in [0.717, 1.165) is 28.9 Å². The lowest BCUT2D eigenvalue weighted by molar-refractivity contribution is 0.269. The summed E-state index contributed by atoms with van der Waals surface area (Å²) < 4.78 is 28.8. The molecule has 0 aliphatic carbocycles. The smallest absolute Gasteiger partial charge is 0.245 e. The Morgan fingerprint density at radius 2 is 1.86 bits per heavy atom. The van der Waals surface area contributed by atoms with Crippen molar-refractivity contribution in [2.24, 2.45) is 0 Å². The summed E-state index contributed by atoms with van der Waals surface area (Å²) in [4.78, 5) is 7.99. The van der Waals surface area contributed by atoms with Gasteiger partial charge in [-0.05, 0) is 49.2 Å². The van der Waals surface area contributed by atoms with Crippen molar-refractivity contribution in [2.75, 3.05) is 26.2 Å². The van der Waals surface area contributed by atoms with Crippen molar-refractivity contribution in [1.29, 1.82) is 0 Å². The molecule has 0 radical (unpaired) electrons. The van der Waals surface area contributed by atoms with E-state index in [1.807, 2.05) is 36.6 Å². The van der Waals surface area contributed by atoms with Crippen LogP contribution in [0.3, 0.4) is 0 Å². The van der Waals surface area contributed by atoms with Gasteiger partial charge in [0.25, 0.3) is 0 Å². The highest BCUT2D eigenvalue weighted by Crippen LogP contribution is 2.26. The van der Waals surface area contributed by atoms with Crippen LogP contribution in [-0.4, -0.2) is 48.8 Å². The number of para-hydroxylation sites is 1. The highest BCUT2D eigenvalue weighted by molar-refractivity contribution is 7.89. The second-order valence-electron chi connectivity index (χ2n) is 6.79. The summed E-state index contributed by atoms with van der Waals surface area (Å²) in [6, 6.07) is 11.3. The molecule has 7 heteroatoms. The SMILES string of the molecule is CCN(CC)CCN(Cc1cccs1)S(=O)(=O)c1cccc2cc(C)cnc12. The number of likely N-dealkylation sites (N-methyl/N-ethyl adjacent to an activating group) is 1. The molecule has 0 amide bonds. The number of aromatic nitrogens is 1. The molecular formula is C21H27N3O2S2. The second-order valence-corrected chi connectivity index (χ2v) is 9.72. The largest absolute Gasteiger partial charge is 0.303 e. The molecule has 3 aromatic rings. The molecular weight excluding hydrogens is 390 g/mol. The Labute approximate surface area is 171 Å². The Morgan fingerprint density at radius 1 is 1.07 bits per heavy atom. The average Bonchev–Trinajstić information content (AvgIpc) is 3.20. The maximum absolute atomic E-state index is 13.6. The van der Waals surface area contributed by atoms with E-state index < -0.39 is 10.0 Å². The highest BCUT2D eigenvalue weighted by atomic mass is 32.2. The van der Waals surface area contributed by atoms with Gasteiger partial charge in [0, 0.05) is 36.1 Å². The molecule has 2 aromatic heterocycles. The molecule has 0 unspecified atom stereocenters. The van der Waals surface area contributed by atoms with Crippen molar-refractivity contribution >= 4 is 32.3 Å². The molecule has 2 heterocycles. The van der Waals surface area contributed by atoms with Crippen LogP contribution >= 0.6 is 11.3 Å². The summed E-state index contributed by atoms with van der Waals surface area (Å²) in [6.07, 6.45) is 1.72. The van der Waals surface area contributed by atoms with Crippen LogP contribution in [0.4, 0.5) is 0 Å². The highest BCUT2D eigenvalue weighted by Gasteiger charge is 2.27. The molecule has 0 saturated carbocycles. The lowest BCUT2D eigenvalue weighted by atomic mass is 10.2. The minimum absolute atomic E-state index is 0.279. The summed E-state index contributed by atoms with van der Waals surface area (Å²) in [5.74, 6) is 0. The quantitative estimate of drug-likeness (QED) is 0.525. The van der Waals surface area contributed by atoms with Gasteiger partial charge in [-0.1, -0.05) is 32.0 Å². The Morgan fingerprint density at radius 3 is 2.54 bits per heavy atom. The fourth-order valence-electron chi connectivity index (χ4n) is 3.24. The number of benzene rings is 1. The van der Waals surface area contributed by atoms with Crippen LogP contribution in [0.15, 0.2) is 52.9 Å². The van der Waals surface area contributed by atoms with Crippen LogP contribution in [0.25, 0.3) is 10.9 Å². The Balaban J connectivity index is 1.99. The molecule has 0 fully saturated rings. The molecule has 0 spiro atoms. The van der Waals surface area contributed by atoms with Gasteiger partial charge in [0.05, 0.1) is 5.52 Å². The number of nitrogens with zero attached hydrogens (tertiary/aromatic N) is 3. The summed E-state index contributed by atoms with van der Waals surface area (Å²) >= 11 is 1.58. The molecule has 1 aromatic carbocycles. The van der Waals surface area contributed by atoms with E-state index in [1.165, 1.54) is 0 Å². The first-order chi connectivity index (χ1) is 13.5. The summed E-state index contributed by atoms with van der Waals surface area (Å²) in [5, 5.41) is 2.83. The average molecular weight is 418 g/mol. The van der Waals surface area contributed by atoms with E-state index in [4.69, 9.17) is 0 Å². The molecule has 150 valence electrons. The minimum Gasteiger partial charge on any atom is -0.303 e. The normalized spacial score (nSPS) is 12.3. The van der Waals surface area contributed by atoms with E-state index in [-0.39, 0.29) is 4.90 Å². The van der Waals surface area contributed by atoms with Crippen LogP contribution in [-0.2, 0) is 16.6 Å². The summed E-state index contributed by atoms with van der Waals surface area (Å²) in [7, 11) is -3.68. The third-order valence-corrected chi connectivity index (χ3v) is 7.64. The molecule has 0 atom stereocenters. The first-order valence-corrected chi connectivity index (χ1v) is 11.9. The van der Waals surface area contributed by atoms with Crippen LogP contribution in [0.1, 0.15) is 24.3 Å². The predicted molar refractivity (Wildman–Crippen MR) is 116 cm³/mol. The Bertz CT molecular complexity index is 1010. The van der Waals surface area contributed by atoms with Gasteiger partial charge in [0.15, 0.2) is 0 Å². The molecule has 0 aliphatic rings. The zero-order chi connectivity index (χ0) is 20.1. The van der Waals surface area contributed by atoms with Gasteiger partial charge in [0.2, 0.25) is 10.0 Å². The van der Waals surface area contributed by atoms with E-state index in [2.05, 4.69) is 23.7 Å². The van der Waals surface area contributed by atoms with Crippen LogP contribution < -0.4 is 0 Å². The fraction of sp³-hybridized carbons (Fsp3) is 0.381. The standard InChI is InChI=1S/C21H27N3O2S2/c1-4-23(5-2)11-12-24(16-19-9-7-13-27-19)28(25,26)20-10-6-8-18-14-17(3)15-22-21(18)20/h6-10,13-15H,4-5,11-12,16H2,1-3H3. The summed E-state index contributed by atoms with van der Waals surface area (Å²) in [6.45, 7) is 9.48. The fourth-order valence-corrected chi connectivity index (χ4v) is 5.62. The molecule has 5 nitrogen and oxygen atoms in total. The maximum Gasteiger partial charge on any atom is 0.245 e. The maximum atomic E-state index is 13.6. The summed E-state index contributed by atoms with van der Waals surface area (Å²) in [5.41, 5.74) is 1.55. The number of thiophene rings is 1. The van der Waals surface area contributed by atoms with Gasteiger partial charge in [0.1, 0.15) is 4.90 Å². The van der Waals surface area contributed by atoms with Gasteiger partial charge in [-0.15, -0.1) is 11.3 Å². The molecule has 0 saturated heterocycles. The van der Waals surface area contributed by atoms with E-state index >= 15 is 0 Å². The Kier molecular flexibility index (Phi) is 6.82. The lowest BCUT2D eigenvalue weighted by Gasteiger charge is -2.26. The van der Waals surface area contributed by atoms with Crippen molar-refractivity contribution < 1.29 is 8.42 Å². The first kappa shape index (κ1) is 20.9. The van der Waals surface area contributed by atoms with Crippen molar-refractivity contribution in [1.82, 2.24) is 14.2 Å². The van der Waals surface area contributed by atoms with Crippen molar-refractivity contribution in [2.45, 2.75) is 32.2 Å². The number of hydrogen-bond donors (Lipinski definition) is 0. The first-order valence-electron chi connectivity index (χ1n) is 9.56. The van der Waals surface area contributed by atoms with Crippen LogP contribution in [0.5, 0.6) is 0 Å². The molecule has 28 heavy (non-hydrogen) atoms. The number of hydrogen-bond acceptors (Lipinski definition) is 5. The number of pyridine rings is 1. The monoisotopic (exact) mass is 417 g/mol. The zero-order valence-corrected chi connectivity index (χ0v) is 18.3. The lowest BCUT2D eigenvalue weighted by Crippen LogP contribution is -2.38. The van der Waals surface area contributed by atoms with Crippen LogP contribution in [0.2, 0.25) is 0 Å². The molecule has 0 bridgehead atoms. The Hall–Kier alpha value is -1.80. The number of sulfonamides is 1. The van der Waals surface area contributed by atoms with Gasteiger partial charge in [-0.2, -0.15) is 4.31 Å². The van der Waals surface area contributed by atoms with Crippen LogP contribution in [0, 0.1) is 6.92 Å². The van der Waals surface area contributed by atoms with Gasteiger partial charge < -0.3 is 4.90 Å². The van der Waals surface area contributed by atoms with Gasteiger partial charge in [-0.25, -0.2) is 8.42 Å². The topological polar surface area (TPSA) is 53.5 Å². The van der Waals surface area contributed by atoms with E-state index in [1.54, 1.807) is 34.0 Å². The third kappa shape index (κ3) is 4.60. The predicted octanol–water partition coefficient (Wildman–Crippen LogP) is 4.14. The number of fused-ring (bicyclic) bond motifs is 1. The minimum atomic E-state index is -3.68. The second kappa shape index (κ2) is 9.13. The molecule has 3 rings (SSSR count). The zero-order valence-electron chi connectivity index (χ0n) is 16.6. The van der Waals surface area contributed by atoms with Crippen molar-refractivity contribution in [3.05, 3.63) is 58.4 Å². The number of aryl methyl sites for hydroxylation is 1. The van der Waals surface area contributed by atoms with Crippen molar-refractivity contribution in [3.8, 4) is 0 Å².